The molecule has 6 aromatic rings. The molecule has 3 atom stereocenters. The van der Waals surface area contributed by atoms with E-state index in [0.29, 0.717) is 29.2 Å². The molecule has 1 fully saturated rings. The van der Waals surface area contributed by atoms with Crippen molar-refractivity contribution in [1.29, 1.82) is 0 Å². The van der Waals surface area contributed by atoms with Crippen LogP contribution in [0.2, 0.25) is 0 Å². The van der Waals surface area contributed by atoms with E-state index in [-0.39, 0.29) is 56.2 Å². The monoisotopic (exact) mass is 778 g/mol. The molecule has 4 heterocycles. The number of carbonyl (C=O) groups is 4. The van der Waals surface area contributed by atoms with Crippen molar-refractivity contribution >= 4 is 62.5 Å². The molecule has 0 radical (unpaired) electrons. The van der Waals surface area contributed by atoms with Crippen LogP contribution in [0.15, 0.2) is 116 Å². The lowest BCUT2D eigenvalue weighted by atomic mass is 9.82. The normalized spacial score (nSPS) is 18.3. The van der Waals surface area contributed by atoms with Crippen molar-refractivity contribution in [3.05, 3.63) is 138 Å². The first-order valence-corrected chi connectivity index (χ1v) is 19.7. The van der Waals surface area contributed by atoms with E-state index in [4.69, 9.17) is 0 Å². The molecule has 4 aromatic carbocycles. The van der Waals surface area contributed by atoms with Gasteiger partial charge in [0.15, 0.2) is 5.60 Å². The van der Waals surface area contributed by atoms with Gasteiger partial charge >= 0.3 is 0 Å². The van der Waals surface area contributed by atoms with E-state index in [0.717, 1.165) is 51.3 Å². The number of amides is 4. The number of H-pyrrole nitrogens is 2. The van der Waals surface area contributed by atoms with Crippen molar-refractivity contribution < 1.29 is 29.4 Å². The van der Waals surface area contributed by atoms with E-state index in [9.17, 15) is 29.4 Å². The predicted octanol–water partition coefficient (Wildman–Crippen LogP) is 6.31. The van der Waals surface area contributed by atoms with E-state index in [1.54, 1.807) is 54.3 Å². The lowest BCUT2D eigenvalue weighted by Crippen LogP contribution is -2.44. The number of fused-ring (bicyclic) bond motifs is 3. The quantitative estimate of drug-likeness (QED) is 0.0751. The number of carbonyl (C=O) groups excluding carboxylic acids is 4. The second kappa shape index (κ2) is 16.2. The summed E-state index contributed by atoms with van der Waals surface area (Å²) in [5, 5.41) is 30.1. The summed E-state index contributed by atoms with van der Waals surface area (Å²) in [5.74, 6) is -1.89. The van der Waals surface area contributed by atoms with Crippen molar-refractivity contribution in [2.24, 2.45) is 5.92 Å². The first-order valence-electron chi connectivity index (χ1n) is 19.7. The highest BCUT2D eigenvalue weighted by Crippen LogP contribution is 2.47. The number of nitrogens with one attached hydrogen (secondary N) is 4. The first kappa shape index (κ1) is 38.4. The number of para-hydroxylation sites is 2. The summed E-state index contributed by atoms with van der Waals surface area (Å²) in [6, 6.07) is 27.7. The van der Waals surface area contributed by atoms with Crippen LogP contribution in [0.4, 0.5) is 17.1 Å². The Bertz CT molecular complexity index is 2560. The molecule has 0 spiro atoms. The van der Waals surface area contributed by atoms with Gasteiger partial charge in [-0.3, -0.25) is 19.2 Å². The molecule has 2 aliphatic heterocycles. The van der Waals surface area contributed by atoms with Crippen LogP contribution in [-0.4, -0.2) is 67.9 Å². The lowest BCUT2D eigenvalue weighted by molar-refractivity contribution is -0.139. The van der Waals surface area contributed by atoms with E-state index in [1.165, 1.54) is 4.90 Å². The van der Waals surface area contributed by atoms with Crippen LogP contribution < -0.4 is 15.5 Å². The van der Waals surface area contributed by atoms with Crippen molar-refractivity contribution in [2.45, 2.75) is 57.2 Å². The molecular formula is C46H46N6O6. The smallest absolute Gasteiger partial charge is 0.264 e. The van der Waals surface area contributed by atoms with Gasteiger partial charge in [-0.25, -0.2) is 0 Å². The van der Waals surface area contributed by atoms with Gasteiger partial charge in [-0.15, -0.1) is 0 Å². The molecule has 0 bridgehead atoms. The molecule has 0 saturated carbocycles. The highest BCUT2D eigenvalue weighted by atomic mass is 16.3. The molecule has 6 N–H and O–H groups in total. The van der Waals surface area contributed by atoms with Crippen molar-refractivity contribution in [2.75, 3.05) is 28.7 Å². The zero-order chi connectivity index (χ0) is 40.4. The minimum Gasteiger partial charge on any atom is -0.394 e. The maximum atomic E-state index is 14.5. The SMILES string of the molecule is C[C@H](/C=C/CC(=O)N1CCC[C@H]1CO)[C@@]1(O)C(=O)N(Cc2cccc(NC(=O)Cc3c[nH]c4ccccc34)c2)c2ccc(NC(=O)Cc3c[nH]c4ccccc34)cc21. The van der Waals surface area contributed by atoms with Crippen molar-refractivity contribution in [3.63, 3.8) is 0 Å². The molecule has 12 heteroatoms. The minimum atomic E-state index is -2.03. The molecule has 2 aliphatic rings. The Kier molecular flexibility index (Phi) is 10.7. The molecule has 4 amide bonds. The van der Waals surface area contributed by atoms with Crippen LogP contribution in [-0.2, 0) is 44.2 Å². The third kappa shape index (κ3) is 7.51. The molecule has 296 valence electrons. The zero-order valence-corrected chi connectivity index (χ0v) is 32.2. The predicted molar refractivity (Wildman–Crippen MR) is 224 cm³/mol. The summed E-state index contributed by atoms with van der Waals surface area (Å²) in [5.41, 5.74) is 4.12. The van der Waals surface area contributed by atoms with Gasteiger partial charge in [-0.05, 0) is 72.0 Å². The number of anilines is 3. The topological polar surface area (TPSA) is 171 Å². The Morgan fingerprint density at radius 2 is 1.50 bits per heavy atom. The van der Waals surface area contributed by atoms with Gasteiger partial charge in [0, 0.05) is 70.0 Å². The number of hydrogen-bond donors (Lipinski definition) is 6. The van der Waals surface area contributed by atoms with Gasteiger partial charge in [-0.2, -0.15) is 0 Å². The van der Waals surface area contributed by atoms with Crippen LogP contribution in [0, 0.1) is 5.92 Å². The third-order valence-electron chi connectivity index (χ3n) is 11.4. The number of benzene rings is 4. The Morgan fingerprint density at radius 1 is 0.862 bits per heavy atom. The summed E-state index contributed by atoms with van der Waals surface area (Å²) in [6.45, 7) is 2.32. The molecule has 1 saturated heterocycles. The molecule has 12 nitrogen and oxygen atoms in total. The Labute approximate surface area is 335 Å². The van der Waals surface area contributed by atoms with E-state index >= 15 is 0 Å². The standard InChI is InChI=1S/C46H46N6O6/c1-29(9-6-17-44(56)51-20-8-12-35(51)28-53)46(58)38-24-34(50-43(55)23-32-26-48-40-16-5-3-14-37(32)40)18-19-41(38)52(45(46)57)27-30-10-7-11-33(21-30)49-42(54)22-31-25-47-39-15-4-2-13-36(31)39/h2-7,9-11,13-16,18-19,21,24-26,29,35,47-48,53,58H,8,12,17,20,22-23,27-28H2,1H3,(H,49,54)(H,50,55)/b9-6+/t29-,35+,46+/m1/s1. The Morgan fingerprint density at radius 3 is 2.16 bits per heavy atom. The average molecular weight is 779 g/mol. The highest BCUT2D eigenvalue weighted by molar-refractivity contribution is 6.08. The fraction of sp³-hybridized carbons (Fsp3) is 0.261. The van der Waals surface area contributed by atoms with Gasteiger partial charge in [0.1, 0.15) is 0 Å². The Hall–Kier alpha value is -6.50. The molecule has 0 aliphatic carbocycles. The van der Waals surface area contributed by atoms with Gasteiger partial charge in [0.05, 0.1) is 37.7 Å². The van der Waals surface area contributed by atoms with Crippen molar-refractivity contribution in [3.8, 4) is 0 Å². The maximum absolute atomic E-state index is 14.5. The van der Waals surface area contributed by atoms with Crippen LogP contribution >= 0.6 is 0 Å². The second-order valence-corrected chi connectivity index (χ2v) is 15.2. The summed E-state index contributed by atoms with van der Waals surface area (Å²) < 4.78 is 0. The largest absolute Gasteiger partial charge is 0.394 e. The van der Waals surface area contributed by atoms with Gasteiger partial charge < -0.3 is 40.6 Å². The number of rotatable bonds is 13. The van der Waals surface area contributed by atoms with Crippen LogP contribution in [0.3, 0.4) is 0 Å². The first-order chi connectivity index (χ1) is 28.1. The molecular weight excluding hydrogens is 733 g/mol. The van der Waals surface area contributed by atoms with E-state index < -0.39 is 17.4 Å². The Balaban J connectivity index is 1.03. The second-order valence-electron chi connectivity index (χ2n) is 15.2. The molecule has 0 unspecified atom stereocenters. The fourth-order valence-corrected chi connectivity index (χ4v) is 8.41. The number of hydrogen-bond acceptors (Lipinski definition) is 6. The van der Waals surface area contributed by atoms with E-state index in [2.05, 4.69) is 20.6 Å². The number of aromatic amines is 2. The number of aromatic nitrogens is 2. The maximum Gasteiger partial charge on any atom is 0.264 e. The zero-order valence-electron chi connectivity index (χ0n) is 32.2. The molecule has 8 rings (SSSR count). The summed E-state index contributed by atoms with van der Waals surface area (Å²) in [4.78, 5) is 63.6. The molecule has 58 heavy (non-hydrogen) atoms. The van der Waals surface area contributed by atoms with Gasteiger partial charge in [-0.1, -0.05) is 67.6 Å². The van der Waals surface area contributed by atoms with Crippen LogP contribution in [0.1, 0.15) is 48.4 Å². The highest BCUT2D eigenvalue weighted by Gasteiger charge is 2.52. The van der Waals surface area contributed by atoms with Gasteiger partial charge in [0.2, 0.25) is 17.7 Å². The van der Waals surface area contributed by atoms with Crippen LogP contribution in [0.5, 0.6) is 0 Å². The van der Waals surface area contributed by atoms with Gasteiger partial charge in [0.25, 0.3) is 5.91 Å². The fourth-order valence-electron chi connectivity index (χ4n) is 8.41. The number of likely N-dealkylation sites (tertiary alicyclic amines) is 1. The lowest BCUT2D eigenvalue weighted by Gasteiger charge is -2.28. The number of aliphatic hydroxyl groups is 2. The summed E-state index contributed by atoms with van der Waals surface area (Å²) in [7, 11) is 0. The number of aliphatic hydroxyl groups excluding tert-OH is 1. The van der Waals surface area contributed by atoms with E-state index in [1.807, 2.05) is 73.1 Å². The average Bonchev–Trinajstić information content (AvgIpc) is 4.01. The van der Waals surface area contributed by atoms with Crippen LogP contribution in [0.25, 0.3) is 21.8 Å². The minimum absolute atomic E-state index is 0.0600. The summed E-state index contributed by atoms with van der Waals surface area (Å²) >= 11 is 0. The number of nitrogens with zero attached hydrogens (tertiary/aromatic N) is 2. The summed E-state index contributed by atoms with van der Waals surface area (Å²) in [6.07, 6.45) is 8.95. The van der Waals surface area contributed by atoms with Crippen molar-refractivity contribution in [1.82, 2.24) is 14.9 Å². The molecule has 2 aromatic heterocycles. The third-order valence-corrected chi connectivity index (χ3v) is 11.4.